The summed E-state index contributed by atoms with van der Waals surface area (Å²) >= 11 is 0. The maximum atomic E-state index is 9.78. The van der Waals surface area contributed by atoms with Crippen LogP contribution in [0.15, 0.2) is 17.1 Å². The van der Waals surface area contributed by atoms with Gasteiger partial charge in [0.2, 0.25) is 0 Å². The molecule has 1 aromatic rings. The van der Waals surface area contributed by atoms with Crippen LogP contribution in [-0.2, 0) is 6.54 Å². The molecular weight excluding hydrogens is 377 g/mol. The van der Waals surface area contributed by atoms with Gasteiger partial charge in [-0.1, -0.05) is 26.0 Å². The number of guanidine groups is 1. The molecule has 0 aromatic heterocycles. The molecule has 0 aliphatic heterocycles. The molecular formula is C16H28IN3O. The van der Waals surface area contributed by atoms with Crippen molar-refractivity contribution in [2.45, 2.75) is 41.2 Å². The second-order valence-electron chi connectivity index (χ2n) is 5.55. The first-order valence-corrected chi connectivity index (χ1v) is 7.25. The highest BCUT2D eigenvalue weighted by Crippen LogP contribution is 2.23. The van der Waals surface area contributed by atoms with E-state index in [1.54, 1.807) is 0 Å². The fourth-order valence-corrected chi connectivity index (χ4v) is 1.95. The SMILES string of the molecule is CCNC(=NCc1cc(C)c(O)c(C)c1)NCC(C)C.I. The highest BCUT2D eigenvalue weighted by Gasteiger charge is 2.04. The summed E-state index contributed by atoms with van der Waals surface area (Å²) < 4.78 is 0. The van der Waals surface area contributed by atoms with Crippen molar-refractivity contribution in [3.63, 3.8) is 0 Å². The van der Waals surface area contributed by atoms with Gasteiger partial charge in [0, 0.05) is 13.1 Å². The zero-order valence-electron chi connectivity index (χ0n) is 13.7. The molecule has 0 unspecified atom stereocenters. The van der Waals surface area contributed by atoms with Crippen molar-refractivity contribution in [2.75, 3.05) is 13.1 Å². The van der Waals surface area contributed by atoms with E-state index >= 15 is 0 Å². The van der Waals surface area contributed by atoms with Crippen LogP contribution >= 0.6 is 24.0 Å². The third kappa shape index (κ3) is 7.02. The first-order valence-electron chi connectivity index (χ1n) is 7.25. The van der Waals surface area contributed by atoms with Crippen molar-refractivity contribution in [1.29, 1.82) is 0 Å². The molecule has 4 nitrogen and oxygen atoms in total. The number of hydrogen-bond acceptors (Lipinski definition) is 2. The maximum absolute atomic E-state index is 9.78. The lowest BCUT2D eigenvalue weighted by Crippen LogP contribution is -2.39. The molecule has 3 N–H and O–H groups in total. The van der Waals surface area contributed by atoms with Crippen molar-refractivity contribution >= 4 is 29.9 Å². The van der Waals surface area contributed by atoms with Crippen LogP contribution in [0.5, 0.6) is 5.75 Å². The minimum Gasteiger partial charge on any atom is -0.507 e. The molecule has 0 aliphatic rings. The smallest absolute Gasteiger partial charge is 0.191 e. The standard InChI is InChI=1S/C16H27N3O.HI/c1-6-17-16(18-9-11(2)3)19-10-14-7-12(4)15(20)13(5)8-14;/h7-8,11,20H,6,9-10H2,1-5H3,(H2,17,18,19);1H. The average Bonchev–Trinajstić information content (AvgIpc) is 2.38. The van der Waals surface area contributed by atoms with Crippen LogP contribution in [-0.4, -0.2) is 24.2 Å². The Balaban J connectivity index is 0.00000400. The van der Waals surface area contributed by atoms with E-state index in [2.05, 4.69) is 36.4 Å². The number of phenolic OH excluding ortho intramolecular Hbond substituents is 1. The molecule has 120 valence electrons. The number of aryl methyl sites for hydroxylation is 2. The summed E-state index contributed by atoms with van der Waals surface area (Å²) in [6.07, 6.45) is 0. The summed E-state index contributed by atoms with van der Waals surface area (Å²) in [6.45, 7) is 12.6. The fraction of sp³-hybridized carbons (Fsp3) is 0.562. The fourth-order valence-electron chi connectivity index (χ4n) is 1.95. The molecule has 0 fully saturated rings. The van der Waals surface area contributed by atoms with Crippen molar-refractivity contribution in [1.82, 2.24) is 10.6 Å². The number of rotatable bonds is 5. The Labute approximate surface area is 145 Å². The molecule has 0 heterocycles. The molecule has 1 aromatic carbocycles. The minimum absolute atomic E-state index is 0. The molecule has 21 heavy (non-hydrogen) atoms. The van der Waals surface area contributed by atoms with Gasteiger partial charge in [0.15, 0.2) is 5.96 Å². The van der Waals surface area contributed by atoms with Gasteiger partial charge in [0.05, 0.1) is 6.54 Å². The van der Waals surface area contributed by atoms with E-state index in [4.69, 9.17) is 0 Å². The molecule has 5 heteroatoms. The van der Waals surface area contributed by atoms with Gasteiger partial charge in [-0.25, -0.2) is 4.99 Å². The van der Waals surface area contributed by atoms with Gasteiger partial charge < -0.3 is 15.7 Å². The van der Waals surface area contributed by atoms with Gasteiger partial charge in [0.1, 0.15) is 5.75 Å². The van der Waals surface area contributed by atoms with Crippen LogP contribution in [0.2, 0.25) is 0 Å². The number of halogens is 1. The molecule has 0 radical (unpaired) electrons. The predicted molar refractivity (Wildman–Crippen MR) is 101 cm³/mol. The van der Waals surface area contributed by atoms with Gasteiger partial charge in [-0.3, -0.25) is 0 Å². The van der Waals surface area contributed by atoms with Crippen LogP contribution in [0.25, 0.3) is 0 Å². The van der Waals surface area contributed by atoms with Gasteiger partial charge in [-0.05, 0) is 43.4 Å². The van der Waals surface area contributed by atoms with Gasteiger partial charge in [0.25, 0.3) is 0 Å². The van der Waals surface area contributed by atoms with E-state index in [1.165, 1.54) is 0 Å². The second kappa shape index (κ2) is 9.87. The predicted octanol–water partition coefficient (Wildman–Crippen LogP) is 3.34. The summed E-state index contributed by atoms with van der Waals surface area (Å²) in [5.74, 6) is 1.80. The zero-order chi connectivity index (χ0) is 15.1. The number of nitrogens with one attached hydrogen (secondary N) is 2. The van der Waals surface area contributed by atoms with E-state index in [1.807, 2.05) is 26.0 Å². The Kier molecular flexibility index (Phi) is 9.41. The van der Waals surface area contributed by atoms with Crippen molar-refractivity contribution < 1.29 is 5.11 Å². The van der Waals surface area contributed by atoms with E-state index in [0.29, 0.717) is 18.2 Å². The molecule has 0 atom stereocenters. The van der Waals surface area contributed by atoms with Crippen LogP contribution in [0, 0.1) is 19.8 Å². The first kappa shape index (κ1) is 20.0. The van der Waals surface area contributed by atoms with E-state index in [-0.39, 0.29) is 24.0 Å². The second-order valence-corrected chi connectivity index (χ2v) is 5.55. The average molecular weight is 405 g/mol. The zero-order valence-corrected chi connectivity index (χ0v) is 16.0. The molecule has 0 amide bonds. The lowest BCUT2D eigenvalue weighted by atomic mass is 10.1. The summed E-state index contributed by atoms with van der Waals surface area (Å²) in [4.78, 5) is 4.58. The Morgan fingerprint density at radius 2 is 1.76 bits per heavy atom. The summed E-state index contributed by atoms with van der Waals surface area (Å²) in [6, 6.07) is 3.97. The quantitative estimate of drug-likeness (QED) is 0.400. The number of aliphatic imine (C=N–C) groups is 1. The van der Waals surface area contributed by atoms with Crippen LogP contribution in [0.1, 0.15) is 37.5 Å². The van der Waals surface area contributed by atoms with E-state index in [0.717, 1.165) is 35.7 Å². The Hall–Kier alpha value is -0.980. The number of nitrogens with zero attached hydrogens (tertiary/aromatic N) is 1. The number of benzene rings is 1. The lowest BCUT2D eigenvalue weighted by molar-refractivity contribution is 0.466. The molecule has 0 bridgehead atoms. The van der Waals surface area contributed by atoms with Crippen LogP contribution in [0.3, 0.4) is 0 Å². The summed E-state index contributed by atoms with van der Waals surface area (Å²) in [5.41, 5.74) is 2.91. The Bertz CT molecular complexity index is 450. The van der Waals surface area contributed by atoms with Crippen molar-refractivity contribution in [3.8, 4) is 5.75 Å². The van der Waals surface area contributed by atoms with Gasteiger partial charge >= 0.3 is 0 Å². The third-order valence-electron chi connectivity index (χ3n) is 2.99. The van der Waals surface area contributed by atoms with Crippen LogP contribution in [0.4, 0.5) is 0 Å². The number of aromatic hydroxyl groups is 1. The number of phenols is 1. The van der Waals surface area contributed by atoms with E-state index < -0.39 is 0 Å². The van der Waals surface area contributed by atoms with Crippen molar-refractivity contribution in [3.05, 3.63) is 28.8 Å². The third-order valence-corrected chi connectivity index (χ3v) is 2.99. The highest BCUT2D eigenvalue weighted by atomic mass is 127. The lowest BCUT2D eigenvalue weighted by Gasteiger charge is -2.13. The van der Waals surface area contributed by atoms with Crippen molar-refractivity contribution in [2.24, 2.45) is 10.9 Å². The topological polar surface area (TPSA) is 56.7 Å². The number of hydrogen-bond donors (Lipinski definition) is 3. The van der Waals surface area contributed by atoms with E-state index in [9.17, 15) is 5.11 Å². The molecule has 1 rings (SSSR count). The largest absolute Gasteiger partial charge is 0.507 e. The molecule has 0 saturated carbocycles. The van der Waals surface area contributed by atoms with Crippen LogP contribution < -0.4 is 10.6 Å². The highest BCUT2D eigenvalue weighted by molar-refractivity contribution is 14.0. The summed E-state index contributed by atoms with van der Waals surface area (Å²) in [5, 5.41) is 16.3. The maximum Gasteiger partial charge on any atom is 0.191 e. The minimum atomic E-state index is 0. The normalized spacial score (nSPS) is 11.2. The Morgan fingerprint density at radius 1 is 1.19 bits per heavy atom. The summed E-state index contributed by atoms with van der Waals surface area (Å²) in [7, 11) is 0. The monoisotopic (exact) mass is 405 g/mol. The van der Waals surface area contributed by atoms with Gasteiger partial charge in [-0.2, -0.15) is 0 Å². The molecule has 0 saturated heterocycles. The van der Waals surface area contributed by atoms with Gasteiger partial charge in [-0.15, -0.1) is 24.0 Å². The Morgan fingerprint density at radius 3 is 2.24 bits per heavy atom. The molecule has 0 aliphatic carbocycles. The first-order chi connectivity index (χ1) is 9.43. The molecule has 0 spiro atoms.